The van der Waals surface area contributed by atoms with Gasteiger partial charge in [0.2, 0.25) is 11.7 Å². The van der Waals surface area contributed by atoms with Crippen molar-refractivity contribution >= 4 is 11.6 Å². The van der Waals surface area contributed by atoms with Gasteiger partial charge in [0.15, 0.2) is 0 Å². The van der Waals surface area contributed by atoms with Gasteiger partial charge in [-0.2, -0.15) is 4.98 Å². The maximum absolute atomic E-state index is 12.3. The molecule has 0 radical (unpaired) electrons. The molecule has 0 aliphatic carbocycles. The third-order valence-corrected chi connectivity index (χ3v) is 3.33. The maximum Gasteiger partial charge on any atom is 0.328 e. The van der Waals surface area contributed by atoms with E-state index in [1.54, 1.807) is 31.2 Å². The summed E-state index contributed by atoms with van der Waals surface area (Å²) in [7, 11) is 1.29. The molecule has 9 nitrogen and oxygen atoms in total. The Labute approximate surface area is 135 Å². The number of carbonyl (C=O) groups excluding carboxylic acids is 1. The molecule has 2 heterocycles. The van der Waals surface area contributed by atoms with Crippen LogP contribution >= 0.6 is 0 Å². The molecule has 0 atom stereocenters. The molecule has 0 spiro atoms. The van der Waals surface area contributed by atoms with Crippen molar-refractivity contribution in [2.45, 2.75) is 6.92 Å². The summed E-state index contributed by atoms with van der Waals surface area (Å²) in [5.41, 5.74) is -0.336. The molecule has 2 aromatic heterocycles. The summed E-state index contributed by atoms with van der Waals surface area (Å²) in [5.74, 6) is 0.188. The lowest BCUT2D eigenvalue weighted by atomic mass is 10.2. The van der Waals surface area contributed by atoms with E-state index in [0.29, 0.717) is 23.0 Å². The molecule has 0 bridgehead atoms. The Balaban J connectivity index is 1.89. The molecule has 3 rings (SSSR count). The minimum Gasteiger partial charge on any atom is -0.339 e. The van der Waals surface area contributed by atoms with Crippen molar-refractivity contribution in [1.82, 2.24) is 19.7 Å². The first-order valence-corrected chi connectivity index (χ1v) is 6.96. The Kier molecular flexibility index (Phi) is 3.82. The van der Waals surface area contributed by atoms with Gasteiger partial charge in [-0.1, -0.05) is 17.3 Å². The minimum atomic E-state index is -0.679. The number of nitrogens with zero attached hydrogens (tertiary/aromatic N) is 3. The monoisotopic (exact) mass is 327 g/mol. The number of nitrogens with one attached hydrogen (secondary N) is 2. The van der Waals surface area contributed by atoms with E-state index in [0.717, 1.165) is 10.8 Å². The molecule has 24 heavy (non-hydrogen) atoms. The molecule has 0 fully saturated rings. The fourth-order valence-corrected chi connectivity index (χ4v) is 2.08. The highest BCUT2D eigenvalue weighted by molar-refractivity contribution is 6.04. The van der Waals surface area contributed by atoms with Gasteiger partial charge in [-0.25, -0.2) is 4.79 Å². The van der Waals surface area contributed by atoms with E-state index in [2.05, 4.69) is 20.4 Å². The van der Waals surface area contributed by atoms with Gasteiger partial charge in [-0.05, 0) is 12.1 Å². The van der Waals surface area contributed by atoms with Gasteiger partial charge in [0, 0.05) is 31.4 Å². The minimum absolute atomic E-state index is 0.169. The Morgan fingerprint density at radius 2 is 2.12 bits per heavy atom. The predicted octanol–water partition coefficient (Wildman–Crippen LogP) is 0.684. The number of aromatic amines is 1. The van der Waals surface area contributed by atoms with Gasteiger partial charge < -0.3 is 14.8 Å². The second-order valence-corrected chi connectivity index (χ2v) is 5.04. The van der Waals surface area contributed by atoms with E-state index in [4.69, 9.17) is 4.52 Å². The van der Waals surface area contributed by atoms with Gasteiger partial charge in [-0.3, -0.25) is 14.2 Å². The Bertz CT molecular complexity index is 1030. The smallest absolute Gasteiger partial charge is 0.328 e. The number of anilines is 1. The number of carbonyl (C=O) groups is 1. The average molecular weight is 327 g/mol. The number of aryl methyl sites for hydroxylation is 1. The maximum atomic E-state index is 12.3. The molecule has 0 unspecified atom stereocenters. The number of hydrogen-bond donors (Lipinski definition) is 2. The number of rotatable bonds is 3. The van der Waals surface area contributed by atoms with E-state index in [9.17, 15) is 14.4 Å². The molecule has 9 heteroatoms. The molecule has 122 valence electrons. The molecule has 0 saturated heterocycles. The second-order valence-electron chi connectivity index (χ2n) is 5.04. The number of benzene rings is 1. The van der Waals surface area contributed by atoms with Crippen LogP contribution in [0.25, 0.3) is 11.4 Å². The van der Waals surface area contributed by atoms with Crippen molar-refractivity contribution in [3.8, 4) is 11.4 Å². The van der Waals surface area contributed by atoms with Gasteiger partial charge >= 0.3 is 5.69 Å². The van der Waals surface area contributed by atoms with Crippen molar-refractivity contribution in [2.75, 3.05) is 5.32 Å². The summed E-state index contributed by atoms with van der Waals surface area (Å²) in [4.78, 5) is 42.0. The zero-order chi connectivity index (χ0) is 17.3. The van der Waals surface area contributed by atoms with E-state index >= 15 is 0 Å². The fraction of sp³-hybridized carbons (Fsp3) is 0.133. The molecule has 2 N–H and O–H groups in total. The standard InChI is InChI=1S/C15H13N5O4/c1-8-17-12(19-24-8)9-4-3-5-10(6-9)18-13(21)11-7-16-15(23)20(2)14(11)22/h3-7H,1-2H3,(H,16,23)(H,18,21). The lowest BCUT2D eigenvalue weighted by Crippen LogP contribution is -2.37. The highest BCUT2D eigenvalue weighted by atomic mass is 16.5. The summed E-state index contributed by atoms with van der Waals surface area (Å²) in [5, 5.41) is 6.41. The summed E-state index contributed by atoms with van der Waals surface area (Å²) in [6, 6.07) is 6.78. The van der Waals surface area contributed by atoms with E-state index in [1.165, 1.54) is 7.05 Å². The predicted molar refractivity (Wildman–Crippen MR) is 84.7 cm³/mol. The third kappa shape index (κ3) is 2.86. The van der Waals surface area contributed by atoms with Crippen LogP contribution in [0.2, 0.25) is 0 Å². The number of H-pyrrole nitrogens is 1. The normalized spacial score (nSPS) is 10.6. The highest BCUT2D eigenvalue weighted by Crippen LogP contribution is 2.20. The molecule has 1 amide bonds. The zero-order valence-electron chi connectivity index (χ0n) is 12.9. The zero-order valence-corrected chi connectivity index (χ0v) is 12.9. The third-order valence-electron chi connectivity index (χ3n) is 3.33. The van der Waals surface area contributed by atoms with Gasteiger partial charge in [0.05, 0.1) is 0 Å². The lowest BCUT2D eigenvalue weighted by molar-refractivity contribution is 0.102. The van der Waals surface area contributed by atoms with Crippen LogP contribution in [0.15, 0.2) is 44.6 Å². The summed E-state index contributed by atoms with van der Waals surface area (Å²) in [6.45, 7) is 1.67. The Morgan fingerprint density at radius 3 is 2.83 bits per heavy atom. The van der Waals surface area contributed by atoms with E-state index in [1.807, 2.05) is 0 Å². The SMILES string of the molecule is Cc1nc(-c2cccc(NC(=O)c3c[nH]c(=O)n(C)c3=O)c2)no1. The summed E-state index contributed by atoms with van der Waals surface area (Å²) < 4.78 is 5.75. The van der Waals surface area contributed by atoms with E-state index < -0.39 is 17.2 Å². The van der Waals surface area contributed by atoms with Crippen molar-refractivity contribution in [3.63, 3.8) is 0 Å². The van der Waals surface area contributed by atoms with Crippen LogP contribution in [-0.4, -0.2) is 25.6 Å². The number of amides is 1. The molecular formula is C15H13N5O4. The van der Waals surface area contributed by atoms with Crippen molar-refractivity contribution < 1.29 is 9.32 Å². The van der Waals surface area contributed by atoms with Crippen LogP contribution in [-0.2, 0) is 7.05 Å². The van der Waals surface area contributed by atoms with Crippen molar-refractivity contribution in [3.05, 3.63) is 62.8 Å². The van der Waals surface area contributed by atoms with Crippen molar-refractivity contribution in [1.29, 1.82) is 0 Å². The fourth-order valence-electron chi connectivity index (χ4n) is 2.08. The molecule has 0 aliphatic rings. The van der Waals surface area contributed by atoms with Gasteiger partial charge in [-0.15, -0.1) is 0 Å². The van der Waals surface area contributed by atoms with Crippen LogP contribution in [0.4, 0.5) is 5.69 Å². The molecule has 1 aromatic carbocycles. The summed E-state index contributed by atoms with van der Waals surface area (Å²) >= 11 is 0. The van der Waals surface area contributed by atoms with Crippen LogP contribution in [0.3, 0.4) is 0 Å². The van der Waals surface area contributed by atoms with Crippen LogP contribution in [0.1, 0.15) is 16.2 Å². The largest absolute Gasteiger partial charge is 0.339 e. The topological polar surface area (TPSA) is 123 Å². The average Bonchev–Trinajstić information content (AvgIpc) is 2.99. The molecule has 0 aliphatic heterocycles. The van der Waals surface area contributed by atoms with Crippen LogP contribution in [0, 0.1) is 6.92 Å². The Hall–Kier alpha value is -3.49. The second kappa shape index (κ2) is 5.95. The first-order chi connectivity index (χ1) is 11.5. The highest BCUT2D eigenvalue weighted by Gasteiger charge is 2.14. The lowest BCUT2D eigenvalue weighted by Gasteiger charge is -2.06. The van der Waals surface area contributed by atoms with Gasteiger partial charge in [0.25, 0.3) is 11.5 Å². The quantitative estimate of drug-likeness (QED) is 0.729. The summed E-state index contributed by atoms with van der Waals surface area (Å²) in [6.07, 6.45) is 1.09. The number of aromatic nitrogens is 4. The van der Waals surface area contributed by atoms with Gasteiger partial charge in [0.1, 0.15) is 5.56 Å². The van der Waals surface area contributed by atoms with E-state index in [-0.39, 0.29) is 5.56 Å². The Morgan fingerprint density at radius 1 is 1.33 bits per heavy atom. The number of hydrogen-bond acceptors (Lipinski definition) is 6. The van der Waals surface area contributed by atoms with Crippen LogP contribution < -0.4 is 16.6 Å². The molecule has 3 aromatic rings. The first-order valence-electron chi connectivity index (χ1n) is 6.96. The molecular weight excluding hydrogens is 314 g/mol. The first kappa shape index (κ1) is 15.4. The molecule has 0 saturated carbocycles. The van der Waals surface area contributed by atoms with Crippen molar-refractivity contribution in [2.24, 2.45) is 7.05 Å². The van der Waals surface area contributed by atoms with Crippen LogP contribution in [0.5, 0.6) is 0 Å².